The van der Waals surface area contributed by atoms with E-state index in [1.807, 2.05) is 0 Å². The first-order chi connectivity index (χ1) is 10.7. The number of amides is 1. The van der Waals surface area contributed by atoms with Crippen LogP contribution in [0.3, 0.4) is 0 Å². The van der Waals surface area contributed by atoms with Crippen LogP contribution in [0.4, 0.5) is 0 Å². The number of halogens is 1. The second-order valence-corrected chi connectivity index (χ2v) is 6.70. The number of nitrogens with one attached hydrogen (secondary N) is 1. The number of hydrogen-bond donors (Lipinski definition) is 2. The molecule has 22 heavy (non-hydrogen) atoms. The van der Waals surface area contributed by atoms with Crippen molar-refractivity contribution in [2.24, 2.45) is 11.7 Å². The molecule has 1 aliphatic heterocycles. The van der Waals surface area contributed by atoms with E-state index in [2.05, 4.69) is 21.2 Å². The topological polar surface area (TPSA) is 73.6 Å². The summed E-state index contributed by atoms with van der Waals surface area (Å²) in [6.07, 6.45) is 4.43. The Bertz CT molecular complexity index is 565. The molecule has 2 unspecified atom stereocenters. The molecule has 1 saturated carbocycles. The van der Waals surface area contributed by atoms with Crippen LogP contribution in [-0.2, 0) is 0 Å². The molecule has 1 heterocycles. The lowest BCUT2D eigenvalue weighted by atomic mass is 9.84. The van der Waals surface area contributed by atoms with Crippen molar-refractivity contribution >= 4 is 21.8 Å². The van der Waals surface area contributed by atoms with Crippen molar-refractivity contribution in [3.05, 3.63) is 22.2 Å². The molecule has 3 rings (SSSR count). The molecule has 6 heteroatoms. The zero-order valence-corrected chi connectivity index (χ0v) is 14.0. The van der Waals surface area contributed by atoms with Crippen molar-refractivity contribution in [2.75, 3.05) is 19.8 Å². The maximum atomic E-state index is 12.5. The number of carbonyl (C=O) groups is 1. The Morgan fingerprint density at radius 3 is 2.86 bits per heavy atom. The zero-order chi connectivity index (χ0) is 15.5. The van der Waals surface area contributed by atoms with E-state index in [1.54, 1.807) is 12.1 Å². The van der Waals surface area contributed by atoms with Crippen LogP contribution >= 0.6 is 15.9 Å². The van der Waals surface area contributed by atoms with E-state index in [0.717, 1.165) is 23.7 Å². The normalized spacial score (nSPS) is 23.9. The molecule has 1 amide bonds. The van der Waals surface area contributed by atoms with Gasteiger partial charge < -0.3 is 20.5 Å². The van der Waals surface area contributed by atoms with Gasteiger partial charge in [-0.2, -0.15) is 0 Å². The molecular weight excluding hydrogens is 348 g/mol. The molecule has 0 bridgehead atoms. The fourth-order valence-corrected chi connectivity index (χ4v) is 3.73. The van der Waals surface area contributed by atoms with E-state index in [-0.39, 0.29) is 11.9 Å². The summed E-state index contributed by atoms with van der Waals surface area (Å²) in [6.45, 7) is 1.65. The van der Waals surface area contributed by atoms with Gasteiger partial charge in [0.2, 0.25) is 0 Å². The Kier molecular flexibility index (Phi) is 4.88. The van der Waals surface area contributed by atoms with Gasteiger partial charge in [-0.15, -0.1) is 0 Å². The molecule has 1 aromatic rings. The van der Waals surface area contributed by atoms with Gasteiger partial charge in [-0.05, 0) is 53.4 Å². The van der Waals surface area contributed by atoms with Gasteiger partial charge in [0.15, 0.2) is 11.5 Å². The lowest BCUT2D eigenvalue weighted by Crippen LogP contribution is -2.44. The molecular formula is C16H21BrN2O3. The molecule has 0 aromatic heterocycles. The number of nitrogens with two attached hydrogens (primary N) is 1. The zero-order valence-electron chi connectivity index (χ0n) is 12.4. The summed E-state index contributed by atoms with van der Waals surface area (Å²) in [5.41, 5.74) is 6.41. The van der Waals surface area contributed by atoms with Gasteiger partial charge in [0.05, 0.1) is 4.47 Å². The van der Waals surface area contributed by atoms with Crippen molar-refractivity contribution in [3.8, 4) is 11.5 Å². The van der Waals surface area contributed by atoms with Crippen LogP contribution in [0.25, 0.3) is 0 Å². The van der Waals surface area contributed by atoms with E-state index in [1.165, 1.54) is 6.42 Å². The van der Waals surface area contributed by atoms with Crippen molar-refractivity contribution in [3.63, 3.8) is 0 Å². The van der Waals surface area contributed by atoms with Crippen LogP contribution in [0.5, 0.6) is 11.5 Å². The number of rotatable bonds is 3. The molecule has 2 aliphatic rings. The van der Waals surface area contributed by atoms with Gasteiger partial charge in [0.1, 0.15) is 13.2 Å². The number of hydrogen-bond acceptors (Lipinski definition) is 4. The predicted molar refractivity (Wildman–Crippen MR) is 87.4 cm³/mol. The Balaban J connectivity index is 1.76. The van der Waals surface area contributed by atoms with E-state index in [4.69, 9.17) is 15.2 Å². The van der Waals surface area contributed by atoms with Crippen molar-refractivity contribution in [1.82, 2.24) is 5.32 Å². The van der Waals surface area contributed by atoms with Crippen LogP contribution in [0.1, 0.15) is 36.0 Å². The monoisotopic (exact) mass is 368 g/mol. The quantitative estimate of drug-likeness (QED) is 0.859. The fraction of sp³-hybridized carbons (Fsp3) is 0.562. The lowest BCUT2D eigenvalue weighted by molar-refractivity contribution is 0.0906. The molecule has 120 valence electrons. The fourth-order valence-electron chi connectivity index (χ4n) is 3.17. The molecule has 1 aliphatic carbocycles. The summed E-state index contributed by atoms with van der Waals surface area (Å²) in [4.78, 5) is 12.5. The SMILES string of the molecule is NCC1CCCCC1NC(=O)c1cc(Br)c2c(c1)OCCO2. The van der Waals surface area contributed by atoms with Gasteiger partial charge >= 0.3 is 0 Å². The van der Waals surface area contributed by atoms with Crippen LogP contribution in [0.2, 0.25) is 0 Å². The van der Waals surface area contributed by atoms with Gasteiger partial charge in [0.25, 0.3) is 5.91 Å². The van der Waals surface area contributed by atoms with E-state index in [9.17, 15) is 4.79 Å². The third kappa shape index (κ3) is 3.22. The molecule has 3 N–H and O–H groups in total. The molecule has 0 radical (unpaired) electrons. The average Bonchev–Trinajstić information content (AvgIpc) is 2.55. The number of carbonyl (C=O) groups excluding carboxylic acids is 1. The third-order valence-corrected chi connectivity index (χ3v) is 4.98. The highest BCUT2D eigenvalue weighted by Crippen LogP contribution is 2.38. The predicted octanol–water partition coefficient (Wildman–Crippen LogP) is 2.47. The number of fused-ring (bicyclic) bond motifs is 1. The van der Waals surface area contributed by atoms with E-state index >= 15 is 0 Å². The molecule has 5 nitrogen and oxygen atoms in total. The van der Waals surface area contributed by atoms with Gasteiger partial charge in [0, 0.05) is 11.6 Å². The second kappa shape index (κ2) is 6.87. The van der Waals surface area contributed by atoms with Gasteiger partial charge in [-0.3, -0.25) is 4.79 Å². The Morgan fingerprint density at radius 2 is 2.05 bits per heavy atom. The minimum Gasteiger partial charge on any atom is -0.486 e. The summed E-state index contributed by atoms with van der Waals surface area (Å²) < 4.78 is 11.9. The van der Waals surface area contributed by atoms with Gasteiger partial charge in [-0.25, -0.2) is 0 Å². The molecule has 0 saturated heterocycles. The molecule has 1 aromatic carbocycles. The number of ether oxygens (including phenoxy) is 2. The van der Waals surface area contributed by atoms with E-state index in [0.29, 0.717) is 42.7 Å². The first kappa shape index (κ1) is 15.6. The van der Waals surface area contributed by atoms with Gasteiger partial charge in [-0.1, -0.05) is 12.8 Å². The van der Waals surface area contributed by atoms with Crippen molar-refractivity contribution in [1.29, 1.82) is 0 Å². The first-order valence-corrected chi connectivity index (χ1v) is 8.58. The lowest BCUT2D eigenvalue weighted by Gasteiger charge is -2.31. The number of benzene rings is 1. The largest absolute Gasteiger partial charge is 0.486 e. The Hall–Kier alpha value is -1.27. The smallest absolute Gasteiger partial charge is 0.251 e. The highest BCUT2D eigenvalue weighted by Gasteiger charge is 2.26. The highest BCUT2D eigenvalue weighted by atomic mass is 79.9. The molecule has 2 atom stereocenters. The standard InChI is InChI=1S/C16H21BrN2O3/c17-12-7-11(8-14-15(12)22-6-5-21-14)16(20)19-13-4-2-1-3-10(13)9-18/h7-8,10,13H,1-6,9,18H2,(H,19,20). The van der Waals surface area contributed by atoms with Crippen molar-refractivity contribution < 1.29 is 14.3 Å². The minimum atomic E-state index is -0.0805. The summed E-state index contributed by atoms with van der Waals surface area (Å²) >= 11 is 3.45. The van der Waals surface area contributed by atoms with E-state index < -0.39 is 0 Å². The third-order valence-electron chi connectivity index (χ3n) is 4.39. The molecule has 1 fully saturated rings. The van der Waals surface area contributed by atoms with Crippen LogP contribution in [-0.4, -0.2) is 31.7 Å². The summed E-state index contributed by atoms with van der Waals surface area (Å²) in [7, 11) is 0. The highest BCUT2D eigenvalue weighted by molar-refractivity contribution is 9.10. The second-order valence-electron chi connectivity index (χ2n) is 5.84. The average molecular weight is 369 g/mol. The molecule has 0 spiro atoms. The Morgan fingerprint density at radius 1 is 1.27 bits per heavy atom. The summed E-state index contributed by atoms with van der Waals surface area (Å²) in [5.74, 6) is 1.58. The van der Waals surface area contributed by atoms with Crippen LogP contribution < -0.4 is 20.5 Å². The van der Waals surface area contributed by atoms with Crippen molar-refractivity contribution in [2.45, 2.75) is 31.7 Å². The maximum absolute atomic E-state index is 12.5. The first-order valence-electron chi connectivity index (χ1n) is 7.79. The maximum Gasteiger partial charge on any atom is 0.251 e. The van der Waals surface area contributed by atoms with Crippen LogP contribution in [0, 0.1) is 5.92 Å². The minimum absolute atomic E-state index is 0.0805. The summed E-state index contributed by atoms with van der Waals surface area (Å²) in [6, 6.07) is 3.69. The Labute approximate surface area is 138 Å². The summed E-state index contributed by atoms with van der Waals surface area (Å²) in [5, 5.41) is 3.13. The van der Waals surface area contributed by atoms with Crippen LogP contribution in [0.15, 0.2) is 16.6 Å².